The molecular weight excluding hydrogens is 457 g/mol. The number of aliphatic hydroxyl groups excluding tert-OH is 1. The van der Waals surface area contributed by atoms with Crippen molar-refractivity contribution in [3.63, 3.8) is 0 Å². The fourth-order valence-corrected chi connectivity index (χ4v) is 4.41. The van der Waals surface area contributed by atoms with E-state index in [-0.39, 0.29) is 30.2 Å². The summed E-state index contributed by atoms with van der Waals surface area (Å²) in [5, 5.41) is 14.8. The number of piperidine rings is 1. The van der Waals surface area contributed by atoms with Crippen molar-refractivity contribution in [3.8, 4) is 0 Å². The van der Waals surface area contributed by atoms with Crippen LogP contribution in [0, 0.1) is 0 Å². The van der Waals surface area contributed by atoms with Gasteiger partial charge in [-0.05, 0) is 42.1 Å². The van der Waals surface area contributed by atoms with E-state index in [0.717, 1.165) is 12.1 Å². The summed E-state index contributed by atoms with van der Waals surface area (Å²) in [6, 6.07) is 5.06. The van der Waals surface area contributed by atoms with Gasteiger partial charge in [0.05, 0.1) is 31.3 Å². The van der Waals surface area contributed by atoms with E-state index < -0.39 is 24.1 Å². The van der Waals surface area contributed by atoms with Crippen LogP contribution >= 0.6 is 0 Å². The number of esters is 1. The third kappa shape index (κ3) is 5.57. The van der Waals surface area contributed by atoms with E-state index in [1.165, 1.54) is 12.1 Å². The van der Waals surface area contributed by atoms with Crippen LogP contribution in [0.3, 0.4) is 0 Å². The average Bonchev–Trinajstić information content (AvgIpc) is 3.34. The van der Waals surface area contributed by atoms with Crippen molar-refractivity contribution in [2.75, 3.05) is 46.0 Å². The number of rotatable bonds is 6. The van der Waals surface area contributed by atoms with Crippen LogP contribution in [0.5, 0.6) is 0 Å². The quantitative estimate of drug-likeness (QED) is 0.620. The summed E-state index contributed by atoms with van der Waals surface area (Å²) in [5.74, 6) is -1.20. The maximum atomic E-state index is 13.0. The lowest BCUT2D eigenvalue weighted by Gasteiger charge is -2.43. The van der Waals surface area contributed by atoms with Crippen LogP contribution in [0.25, 0.3) is 0 Å². The van der Waals surface area contributed by atoms with Gasteiger partial charge in [-0.1, -0.05) is 12.1 Å². The topological polar surface area (TPSA) is 101 Å². The van der Waals surface area contributed by atoms with Crippen molar-refractivity contribution in [3.05, 3.63) is 47.1 Å². The lowest BCUT2D eigenvalue weighted by atomic mass is 9.84. The number of carbonyl (C=O) groups is 1. The van der Waals surface area contributed by atoms with Gasteiger partial charge in [0.2, 0.25) is 5.89 Å². The molecule has 186 valence electrons. The number of morpholine rings is 1. The average molecular weight is 484 g/mol. The van der Waals surface area contributed by atoms with Crippen LogP contribution in [0.2, 0.25) is 0 Å². The van der Waals surface area contributed by atoms with Gasteiger partial charge in [-0.3, -0.25) is 9.80 Å². The minimum Gasteiger partial charge on any atom is -0.460 e. The molecule has 2 saturated heterocycles. The zero-order valence-electron chi connectivity index (χ0n) is 18.7. The Balaban J connectivity index is 1.58. The number of benzene rings is 1. The van der Waals surface area contributed by atoms with Crippen molar-refractivity contribution in [2.45, 2.75) is 37.7 Å². The molecule has 34 heavy (non-hydrogen) atoms. The van der Waals surface area contributed by atoms with Crippen molar-refractivity contribution in [1.82, 2.24) is 19.9 Å². The molecular formula is C22H27F3N4O5. The van der Waals surface area contributed by atoms with Crippen LogP contribution in [0.15, 0.2) is 28.8 Å². The second-order valence-electron chi connectivity index (χ2n) is 8.37. The van der Waals surface area contributed by atoms with E-state index >= 15 is 0 Å². The monoisotopic (exact) mass is 484 g/mol. The predicted molar refractivity (Wildman–Crippen MR) is 112 cm³/mol. The zero-order valence-corrected chi connectivity index (χ0v) is 18.7. The molecule has 1 N–H and O–H groups in total. The Labute approximate surface area is 194 Å². The zero-order chi connectivity index (χ0) is 24.3. The fraction of sp³-hybridized carbons (Fsp3) is 0.591. The first-order valence-corrected chi connectivity index (χ1v) is 11.2. The number of hydrogen-bond donors (Lipinski definition) is 1. The van der Waals surface area contributed by atoms with Gasteiger partial charge in [0.1, 0.15) is 0 Å². The Bertz CT molecular complexity index is 962. The first-order chi connectivity index (χ1) is 16.3. The maximum Gasteiger partial charge on any atom is 0.416 e. The third-order valence-corrected chi connectivity index (χ3v) is 6.14. The molecule has 2 aliphatic rings. The molecule has 0 radical (unpaired) electrons. The molecule has 1 aromatic carbocycles. The molecule has 0 bridgehead atoms. The number of carbonyl (C=O) groups excluding carboxylic acids is 1. The summed E-state index contributed by atoms with van der Waals surface area (Å²) in [6.07, 6.45) is -4.82. The van der Waals surface area contributed by atoms with Gasteiger partial charge >= 0.3 is 12.1 Å². The summed E-state index contributed by atoms with van der Waals surface area (Å²) < 4.78 is 54.7. The van der Waals surface area contributed by atoms with Crippen LogP contribution < -0.4 is 0 Å². The third-order valence-electron chi connectivity index (χ3n) is 6.14. The van der Waals surface area contributed by atoms with E-state index in [9.17, 15) is 23.1 Å². The molecule has 9 nitrogen and oxygen atoms in total. The standard InChI is InChI=1S/C22H27F3N4O5/c1-2-33-20(30)18-26-19(34-27-18)16-11-15(14-3-5-17(6-4-14)22(23,24)25)12-29(13-16)21(31)28-7-9-32-10-8-28/h3-6,15-16,21,31H,2,7-13H2,1H3. The number of hydrogen-bond acceptors (Lipinski definition) is 9. The molecule has 3 atom stereocenters. The summed E-state index contributed by atoms with van der Waals surface area (Å²) in [5.41, 5.74) is -0.00759. The minimum absolute atomic E-state index is 0.168. The normalized spacial score (nSPS) is 23.6. The molecule has 2 aliphatic heterocycles. The Morgan fingerprint density at radius 1 is 1.18 bits per heavy atom. The Kier molecular flexibility index (Phi) is 7.51. The van der Waals surface area contributed by atoms with E-state index in [2.05, 4.69) is 10.1 Å². The van der Waals surface area contributed by atoms with Crippen molar-refractivity contribution >= 4 is 5.97 Å². The Hall–Kier alpha value is -2.54. The number of alkyl halides is 3. The lowest BCUT2D eigenvalue weighted by Crippen LogP contribution is -2.55. The first-order valence-electron chi connectivity index (χ1n) is 11.2. The summed E-state index contributed by atoms with van der Waals surface area (Å²) in [7, 11) is 0. The molecule has 0 saturated carbocycles. The lowest BCUT2D eigenvalue weighted by molar-refractivity contribution is -0.148. The smallest absolute Gasteiger partial charge is 0.416 e. The predicted octanol–water partition coefficient (Wildman–Crippen LogP) is 2.45. The number of ether oxygens (including phenoxy) is 2. The first kappa shape index (κ1) is 24.6. The second-order valence-corrected chi connectivity index (χ2v) is 8.37. The SMILES string of the molecule is CCOC(=O)c1noc(C2CC(c3ccc(C(F)(F)F)cc3)CN(C(O)N3CCOCC3)C2)n1. The van der Waals surface area contributed by atoms with Gasteiger partial charge in [-0.2, -0.15) is 18.2 Å². The van der Waals surface area contributed by atoms with Crippen molar-refractivity contribution in [1.29, 1.82) is 0 Å². The summed E-state index contributed by atoms with van der Waals surface area (Å²) in [6.45, 7) is 4.76. The molecule has 3 unspecified atom stereocenters. The van der Waals surface area contributed by atoms with E-state index in [4.69, 9.17) is 14.0 Å². The molecule has 3 heterocycles. The van der Waals surface area contributed by atoms with Gasteiger partial charge in [0.15, 0.2) is 6.35 Å². The number of nitrogens with zero attached hydrogens (tertiary/aromatic N) is 4. The molecule has 1 aromatic heterocycles. The van der Waals surface area contributed by atoms with Gasteiger partial charge < -0.3 is 19.1 Å². The second kappa shape index (κ2) is 10.4. The molecule has 4 rings (SSSR count). The summed E-state index contributed by atoms with van der Waals surface area (Å²) in [4.78, 5) is 19.9. The highest BCUT2D eigenvalue weighted by Gasteiger charge is 2.38. The van der Waals surface area contributed by atoms with E-state index in [1.807, 2.05) is 9.80 Å². The Morgan fingerprint density at radius 2 is 1.85 bits per heavy atom. The fourth-order valence-electron chi connectivity index (χ4n) is 4.41. The molecule has 2 aromatic rings. The molecule has 12 heteroatoms. The van der Waals surface area contributed by atoms with Crippen molar-refractivity contribution in [2.24, 2.45) is 0 Å². The van der Waals surface area contributed by atoms with Crippen LogP contribution in [-0.2, 0) is 15.7 Å². The highest BCUT2D eigenvalue weighted by molar-refractivity contribution is 5.84. The number of aliphatic hydroxyl groups is 1. The summed E-state index contributed by atoms with van der Waals surface area (Å²) >= 11 is 0. The van der Waals surface area contributed by atoms with Crippen LogP contribution in [0.1, 0.15) is 52.8 Å². The van der Waals surface area contributed by atoms with Gasteiger partial charge in [0, 0.05) is 26.2 Å². The van der Waals surface area contributed by atoms with Crippen LogP contribution in [-0.4, -0.2) is 83.4 Å². The molecule has 2 fully saturated rings. The van der Waals surface area contributed by atoms with Gasteiger partial charge in [-0.15, -0.1) is 0 Å². The molecule has 0 amide bonds. The molecule has 0 spiro atoms. The minimum atomic E-state index is -4.42. The highest BCUT2D eigenvalue weighted by Crippen LogP contribution is 2.37. The highest BCUT2D eigenvalue weighted by atomic mass is 19.4. The molecule has 0 aliphatic carbocycles. The number of likely N-dealkylation sites (tertiary alicyclic amines) is 1. The van der Waals surface area contributed by atoms with Gasteiger partial charge in [0.25, 0.3) is 5.82 Å². The number of aromatic nitrogens is 2. The van der Waals surface area contributed by atoms with Crippen LogP contribution in [0.4, 0.5) is 13.2 Å². The van der Waals surface area contributed by atoms with E-state index in [1.54, 1.807) is 6.92 Å². The largest absolute Gasteiger partial charge is 0.460 e. The number of halogens is 3. The van der Waals surface area contributed by atoms with E-state index in [0.29, 0.717) is 51.4 Å². The van der Waals surface area contributed by atoms with Gasteiger partial charge in [-0.25, -0.2) is 4.79 Å². The maximum absolute atomic E-state index is 13.0. The van der Waals surface area contributed by atoms with Crippen molar-refractivity contribution < 1.29 is 37.1 Å². The Morgan fingerprint density at radius 3 is 2.50 bits per heavy atom.